The molecule has 1 saturated heterocycles. The third-order valence-corrected chi connectivity index (χ3v) is 5.29. The van der Waals surface area contributed by atoms with Crippen LogP contribution in [-0.4, -0.2) is 34.2 Å². The number of nitrogens with one attached hydrogen (secondary N) is 1. The van der Waals surface area contributed by atoms with E-state index in [-0.39, 0.29) is 17.8 Å². The summed E-state index contributed by atoms with van der Waals surface area (Å²) < 4.78 is 19.4. The number of likely N-dealkylation sites (tertiary alicyclic amines) is 1. The molecule has 1 aromatic heterocycles. The van der Waals surface area contributed by atoms with Crippen molar-refractivity contribution in [1.29, 1.82) is 0 Å². The zero-order valence-corrected chi connectivity index (χ0v) is 16.2. The number of hydrogen-bond acceptors (Lipinski definition) is 3. The lowest BCUT2D eigenvalue weighted by molar-refractivity contribution is -0.135. The highest BCUT2D eigenvalue weighted by Crippen LogP contribution is 2.36. The van der Waals surface area contributed by atoms with Crippen LogP contribution in [0.15, 0.2) is 60.8 Å². The summed E-state index contributed by atoms with van der Waals surface area (Å²) in [7, 11) is 0. The van der Waals surface area contributed by atoms with Gasteiger partial charge in [-0.15, -0.1) is 0 Å². The highest BCUT2D eigenvalue weighted by molar-refractivity contribution is 5.77. The summed E-state index contributed by atoms with van der Waals surface area (Å²) >= 11 is 0. The fraction of sp³-hybridized carbons (Fsp3) is 0.304. The molecule has 0 aliphatic carbocycles. The van der Waals surface area contributed by atoms with Crippen molar-refractivity contribution in [1.82, 2.24) is 15.1 Å². The number of rotatable bonds is 6. The summed E-state index contributed by atoms with van der Waals surface area (Å²) in [5, 5.41) is 7.25. The van der Waals surface area contributed by atoms with E-state index in [1.807, 2.05) is 41.3 Å². The van der Waals surface area contributed by atoms with Gasteiger partial charge >= 0.3 is 0 Å². The molecule has 1 aliphatic rings. The van der Waals surface area contributed by atoms with Gasteiger partial charge in [-0.25, -0.2) is 4.39 Å². The summed E-state index contributed by atoms with van der Waals surface area (Å²) in [6, 6.07) is 15.9. The quantitative estimate of drug-likeness (QED) is 0.658. The van der Waals surface area contributed by atoms with Gasteiger partial charge in [0.1, 0.15) is 11.6 Å². The van der Waals surface area contributed by atoms with Crippen molar-refractivity contribution in [3.05, 3.63) is 72.3 Å². The standard InChI is InChI=1S/C23H24FN3O2/c24-18-8-6-7-17(15-18)20-16-25-26-23(20)21-11-4-5-13-27(21)22(28)12-14-29-19-9-2-1-3-10-19/h1-3,6-10,15-16,21H,4-5,11-14H2,(H,25,26)/t21-/m0/s1. The SMILES string of the molecule is O=C(CCOc1ccccc1)N1CCCC[C@H]1c1[nH]ncc1-c1cccc(F)c1. The first-order valence-electron chi connectivity index (χ1n) is 9.99. The Morgan fingerprint density at radius 3 is 2.86 bits per heavy atom. The Kier molecular flexibility index (Phi) is 5.89. The number of hydrogen-bond donors (Lipinski definition) is 1. The molecule has 0 radical (unpaired) electrons. The molecule has 1 N–H and O–H groups in total. The maximum Gasteiger partial charge on any atom is 0.226 e. The van der Waals surface area contributed by atoms with Crippen molar-refractivity contribution in [2.45, 2.75) is 31.7 Å². The van der Waals surface area contributed by atoms with Crippen LogP contribution in [0.4, 0.5) is 4.39 Å². The van der Waals surface area contributed by atoms with Crippen molar-refractivity contribution in [3.8, 4) is 16.9 Å². The summed E-state index contributed by atoms with van der Waals surface area (Å²) in [5.74, 6) is 0.534. The van der Waals surface area contributed by atoms with E-state index < -0.39 is 0 Å². The monoisotopic (exact) mass is 393 g/mol. The minimum absolute atomic E-state index is 0.0606. The van der Waals surface area contributed by atoms with Gasteiger partial charge in [0.05, 0.1) is 31.0 Å². The Hall–Kier alpha value is -3.15. The van der Waals surface area contributed by atoms with Gasteiger partial charge in [-0.3, -0.25) is 9.89 Å². The number of amides is 1. The van der Waals surface area contributed by atoms with Crippen LogP contribution in [0.3, 0.4) is 0 Å². The number of aromatic amines is 1. The number of H-pyrrole nitrogens is 1. The Balaban J connectivity index is 1.48. The van der Waals surface area contributed by atoms with Gasteiger partial charge < -0.3 is 9.64 Å². The molecular weight excluding hydrogens is 369 g/mol. The summed E-state index contributed by atoms with van der Waals surface area (Å²) in [5.41, 5.74) is 2.47. The Labute approximate surface area is 169 Å². The van der Waals surface area contributed by atoms with Crippen LogP contribution in [0.1, 0.15) is 37.4 Å². The first kappa shape index (κ1) is 19.2. The molecule has 4 rings (SSSR count). The second-order valence-electron chi connectivity index (χ2n) is 7.22. The van der Waals surface area contributed by atoms with Crippen LogP contribution in [0.2, 0.25) is 0 Å². The normalized spacial score (nSPS) is 16.6. The number of para-hydroxylation sites is 1. The molecule has 1 fully saturated rings. The number of aromatic nitrogens is 2. The Morgan fingerprint density at radius 2 is 2.03 bits per heavy atom. The van der Waals surface area contributed by atoms with E-state index in [1.54, 1.807) is 12.3 Å². The van der Waals surface area contributed by atoms with Crippen molar-refractivity contribution in [3.63, 3.8) is 0 Å². The van der Waals surface area contributed by atoms with Crippen LogP contribution < -0.4 is 4.74 Å². The second-order valence-corrected chi connectivity index (χ2v) is 7.22. The van der Waals surface area contributed by atoms with E-state index >= 15 is 0 Å². The Morgan fingerprint density at radius 1 is 1.17 bits per heavy atom. The zero-order valence-electron chi connectivity index (χ0n) is 16.2. The maximum atomic E-state index is 13.7. The van der Waals surface area contributed by atoms with Gasteiger partial charge in [0.15, 0.2) is 0 Å². The zero-order chi connectivity index (χ0) is 20.1. The van der Waals surface area contributed by atoms with E-state index in [1.165, 1.54) is 12.1 Å². The van der Waals surface area contributed by atoms with Crippen LogP contribution in [-0.2, 0) is 4.79 Å². The third kappa shape index (κ3) is 4.47. The average Bonchev–Trinajstić information content (AvgIpc) is 3.24. The molecule has 3 aromatic rings. The average molecular weight is 393 g/mol. The van der Waals surface area contributed by atoms with Crippen LogP contribution >= 0.6 is 0 Å². The number of carbonyl (C=O) groups is 1. The summed E-state index contributed by atoms with van der Waals surface area (Å²) in [4.78, 5) is 14.9. The van der Waals surface area contributed by atoms with Crippen molar-refractivity contribution >= 4 is 5.91 Å². The number of halogens is 1. The van der Waals surface area contributed by atoms with Crippen LogP contribution in [0.25, 0.3) is 11.1 Å². The molecule has 1 atom stereocenters. The van der Waals surface area contributed by atoms with E-state index in [0.717, 1.165) is 41.8 Å². The number of benzene rings is 2. The van der Waals surface area contributed by atoms with Gasteiger partial charge in [-0.2, -0.15) is 5.10 Å². The molecule has 6 heteroatoms. The molecule has 5 nitrogen and oxygen atoms in total. The molecule has 0 bridgehead atoms. The highest BCUT2D eigenvalue weighted by atomic mass is 19.1. The predicted molar refractivity (Wildman–Crippen MR) is 109 cm³/mol. The van der Waals surface area contributed by atoms with Crippen LogP contribution in [0, 0.1) is 5.82 Å². The van der Waals surface area contributed by atoms with E-state index in [2.05, 4.69) is 10.2 Å². The number of carbonyl (C=O) groups excluding carboxylic acids is 1. The van der Waals surface area contributed by atoms with Gasteiger partial charge in [-0.1, -0.05) is 30.3 Å². The molecule has 1 amide bonds. The molecule has 2 aromatic carbocycles. The van der Waals surface area contributed by atoms with Crippen LogP contribution in [0.5, 0.6) is 5.75 Å². The molecular formula is C23H24FN3O2. The minimum Gasteiger partial charge on any atom is -0.493 e. The first-order chi connectivity index (χ1) is 14.2. The Bertz CT molecular complexity index is 958. The minimum atomic E-state index is -0.288. The molecule has 29 heavy (non-hydrogen) atoms. The smallest absolute Gasteiger partial charge is 0.226 e. The lowest BCUT2D eigenvalue weighted by Gasteiger charge is -2.35. The number of ether oxygens (including phenoxy) is 1. The van der Waals surface area contributed by atoms with Crippen molar-refractivity contribution in [2.75, 3.05) is 13.2 Å². The first-order valence-corrected chi connectivity index (χ1v) is 9.99. The lowest BCUT2D eigenvalue weighted by atomic mass is 9.94. The molecule has 0 unspecified atom stereocenters. The van der Waals surface area contributed by atoms with Gasteiger partial charge in [0.2, 0.25) is 5.91 Å². The fourth-order valence-corrected chi connectivity index (χ4v) is 3.88. The topological polar surface area (TPSA) is 58.2 Å². The fourth-order valence-electron chi connectivity index (χ4n) is 3.88. The highest BCUT2D eigenvalue weighted by Gasteiger charge is 2.30. The second kappa shape index (κ2) is 8.90. The van der Waals surface area contributed by atoms with E-state index in [4.69, 9.17) is 4.74 Å². The molecule has 2 heterocycles. The molecule has 0 spiro atoms. The molecule has 0 saturated carbocycles. The van der Waals surface area contributed by atoms with Crippen molar-refractivity contribution < 1.29 is 13.9 Å². The van der Waals surface area contributed by atoms with Crippen molar-refractivity contribution in [2.24, 2.45) is 0 Å². The number of piperidine rings is 1. The van der Waals surface area contributed by atoms with Gasteiger partial charge in [-0.05, 0) is 49.1 Å². The third-order valence-electron chi connectivity index (χ3n) is 5.29. The lowest BCUT2D eigenvalue weighted by Crippen LogP contribution is -2.39. The maximum absolute atomic E-state index is 13.7. The number of nitrogens with zero attached hydrogens (tertiary/aromatic N) is 2. The van der Waals surface area contributed by atoms with E-state index in [0.29, 0.717) is 19.6 Å². The largest absolute Gasteiger partial charge is 0.493 e. The molecule has 1 aliphatic heterocycles. The predicted octanol–water partition coefficient (Wildman–Crippen LogP) is 4.74. The summed E-state index contributed by atoms with van der Waals surface area (Å²) in [6.45, 7) is 1.04. The van der Waals surface area contributed by atoms with Gasteiger partial charge in [0.25, 0.3) is 0 Å². The van der Waals surface area contributed by atoms with Gasteiger partial charge in [0, 0.05) is 12.1 Å². The van der Waals surface area contributed by atoms with E-state index in [9.17, 15) is 9.18 Å². The summed E-state index contributed by atoms with van der Waals surface area (Å²) in [6.07, 6.45) is 4.90. The molecule has 150 valence electrons.